The Morgan fingerprint density at radius 1 is 1.52 bits per heavy atom. The number of urea groups is 1. The summed E-state index contributed by atoms with van der Waals surface area (Å²) in [6.07, 6.45) is 3.89. The number of carbonyl (C=O) groups excluding carboxylic acids is 1. The maximum Gasteiger partial charge on any atom is 0.323 e. The highest BCUT2D eigenvalue weighted by Crippen LogP contribution is 2.32. The largest absolute Gasteiger partial charge is 0.374 e. The molecule has 2 aliphatic heterocycles. The third-order valence-corrected chi connectivity index (χ3v) is 4.18. The van der Waals surface area contributed by atoms with Gasteiger partial charge < -0.3 is 9.80 Å². The molecule has 1 atom stereocenters. The molecular weight excluding hydrogens is 264 g/mol. The van der Waals surface area contributed by atoms with E-state index in [1.807, 2.05) is 6.07 Å². The van der Waals surface area contributed by atoms with Crippen molar-refractivity contribution in [1.29, 1.82) is 5.41 Å². The Hall–Kier alpha value is -2.30. The second-order valence-corrected chi connectivity index (χ2v) is 5.60. The van der Waals surface area contributed by atoms with E-state index >= 15 is 0 Å². The first-order valence-electron chi connectivity index (χ1n) is 7.22. The minimum atomic E-state index is -0.326. The van der Waals surface area contributed by atoms with Crippen LogP contribution in [0.1, 0.15) is 23.6 Å². The van der Waals surface area contributed by atoms with Gasteiger partial charge in [-0.1, -0.05) is 18.2 Å². The average molecular weight is 284 g/mol. The number of rotatable bonds is 3. The van der Waals surface area contributed by atoms with Gasteiger partial charge in [0, 0.05) is 25.8 Å². The number of nitrogens with zero attached hydrogens (tertiary/aromatic N) is 2. The van der Waals surface area contributed by atoms with Gasteiger partial charge in [-0.2, -0.15) is 0 Å². The molecule has 0 radical (unpaired) electrons. The number of nitrogens with one attached hydrogen (secondary N) is 2. The van der Waals surface area contributed by atoms with Gasteiger partial charge in [0.25, 0.3) is 0 Å². The molecule has 5 heteroatoms. The number of carbonyl (C=O) groups is 1. The van der Waals surface area contributed by atoms with E-state index in [0.29, 0.717) is 6.54 Å². The van der Waals surface area contributed by atoms with Crippen molar-refractivity contribution < 1.29 is 4.79 Å². The molecule has 2 heterocycles. The lowest BCUT2D eigenvalue weighted by molar-refractivity contribution is 0.211. The summed E-state index contributed by atoms with van der Waals surface area (Å²) in [5.74, 6) is 0.242. The van der Waals surface area contributed by atoms with Crippen LogP contribution in [-0.4, -0.2) is 36.9 Å². The average Bonchev–Trinajstić information content (AvgIpc) is 2.74. The fraction of sp³-hybridized carbons (Fsp3) is 0.375. The maximum atomic E-state index is 11.9. The number of benzene rings is 1. The molecule has 0 saturated carbocycles. The van der Waals surface area contributed by atoms with E-state index in [0.717, 1.165) is 24.9 Å². The quantitative estimate of drug-likeness (QED) is 0.837. The molecule has 5 nitrogen and oxygen atoms in total. The Balaban J connectivity index is 1.97. The highest BCUT2D eigenvalue weighted by atomic mass is 16.2. The summed E-state index contributed by atoms with van der Waals surface area (Å²) in [7, 11) is 2.10. The summed E-state index contributed by atoms with van der Waals surface area (Å²) >= 11 is 0. The Morgan fingerprint density at radius 3 is 3.10 bits per heavy atom. The zero-order valence-electron chi connectivity index (χ0n) is 12.2. The van der Waals surface area contributed by atoms with Gasteiger partial charge in [-0.05, 0) is 30.0 Å². The lowest BCUT2D eigenvalue weighted by atomic mass is 9.96. The summed E-state index contributed by atoms with van der Waals surface area (Å²) in [6, 6.07) is 5.72. The molecule has 0 aliphatic carbocycles. The van der Waals surface area contributed by atoms with Crippen molar-refractivity contribution in [2.45, 2.75) is 18.9 Å². The fourth-order valence-corrected chi connectivity index (χ4v) is 3.18. The summed E-state index contributed by atoms with van der Waals surface area (Å²) < 4.78 is 0. The van der Waals surface area contributed by atoms with Crippen molar-refractivity contribution in [2.24, 2.45) is 0 Å². The molecule has 2 N–H and O–H groups in total. The van der Waals surface area contributed by atoms with Crippen LogP contribution in [0.25, 0.3) is 0 Å². The highest BCUT2D eigenvalue weighted by molar-refractivity contribution is 6.06. The Bertz CT molecular complexity index is 610. The van der Waals surface area contributed by atoms with Crippen LogP contribution >= 0.6 is 0 Å². The SMILES string of the molecule is C=CCN1C(=O)NC(=N)C1c1ccc2c(c1)CCCN2C. The van der Waals surface area contributed by atoms with Crippen LogP contribution in [0.3, 0.4) is 0 Å². The molecular formula is C16H20N4O. The second kappa shape index (κ2) is 5.24. The first kappa shape index (κ1) is 13.7. The highest BCUT2D eigenvalue weighted by Gasteiger charge is 2.36. The molecule has 1 aromatic rings. The van der Waals surface area contributed by atoms with Gasteiger partial charge in [0.1, 0.15) is 11.9 Å². The summed E-state index contributed by atoms with van der Waals surface area (Å²) in [5.41, 5.74) is 3.55. The summed E-state index contributed by atoms with van der Waals surface area (Å²) in [6.45, 7) is 5.21. The molecule has 0 bridgehead atoms. The predicted octanol–water partition coefficient (Wildman–Crippen LogP) is 2.30. The van der Waals surface area contributed by atoms with E-state index in [9.17, 15) is 4.79 Å². The van der Waals surface area contributed by atoms with Gasteiger partial charge in [-0.25, -0.2) is 4.79 Å². The van der Waals surface area contributed by atoms with Crippen LogP contribution in [-0.2, 0) is 6.42 Å². The molecule has 0 spiro atoms. The monoisotopic (exact) mass is 284 g/mol. The molecule has 1 unspecified atom stereocenters. The van der Waals surface area contributed by atoms with Crippen molar-refractivity contribution >= 4 is 17.6 Å². The summed E-state index contributed by atoms with van der Waals surface area (Å²) in [4.78, 5) is 15.8. The number of aryl methyl sites for hydroxylation is 1. The maximum absolute atomic E-state index is 11.9. The van der Waals surface area contributed by atoms with Gasteiger partial charge >= 0.3 is 6.03 Å². The van der Waals surface area contributed by atoms with Crippen molar-refractivity contribution in [3.63, 3.8) is 0 Å². The first-order valence-corrected chi connectivity index (χ1v) is 7.22. The Morgan fingerprint density at radius 2 is 2.33 bits per heavy atom. The molecule has 2 aliphatic rings. The molecule has 3 rings (SSSR count). The van der Waals surface area contributed by atoms with Crippen LogP contribution in [0.15, 0.2) is 30.9 Å². The molecule has 21 heavy (non-hydrogen) atoms. The number of amidine groups is 1. The number of fused-ring (bicyclic) bond motifs is 1. The van der Waals surface area contributed by atoms with Crippen LogP contribution in [0.4, 0.5) is 10.5 Å². The molecule has 110 valence electrons. The van der Waals surface area contributed by atoms with Gasteiger partial charge in [0.05, 0.1) is 0 Å². The van der Waals surface area contributed by atoms with E-state index < -0.39 is 0 Å². The van der Waals surface area contributed by atoms with E-state index in [2.05, 4.69) is 36.0 Å². The van der Waals surface area contributed by atoms with Crippen molar-refractivity contribution in [3.05, 3.63) is 42.0 Å². The summed E-state index contributed by atoms with van der Waals surface area (Å²) in [5, 5.41) is 10.6. The van der Waals surface area contributed by atoms with Gasteiger partial charge in [-0.3, -0.25) is 10.7 Å². The lowest BCUT2D eigenvalue weighted by Crippen LogP contribution is -2.30. The first-order chi connectivity index (χ1) is 10.1. The Labute approximate surface area is 124 Å². The third kappa shape index (κ3) is 2.28. The smallest absolute Gasteiger partial charge is 0.323 e. The predicted molar refractivity (Wildman–Crippen MR) is 83.9 cm³/mol. The van der Waals surface area contributed by atoms with E-state index in [-0.39, 0.29) is 17.9 Å². The molecule has 0 aromatic heterocycles. The fourth-order valence-electron chi connectivity index (χ4n) is 3.18. The van der Waals surface area contributed by atoms with Gasteiger partial charge in [-0.15, -0.1) is 6.58 Å². The normalized spacial score (nSPS) is 21.3. The minimum absolute atomic E-state index is 0.222. The number of hydrogen-bond donors (Lipinski definition) is 2. The van der Waals surface area contributed by atoms with E-state index in [1.165, 1.54) is 11.3 Å². The van der Waals surface area contributed by atoms with E-state index in [1.54, 1.807) is 11.0 Å². The third-order valence-electron chi connectivity index (χ3n) is 4.18. The Kier molecular flexibility index (Phi) is 3.41. The minimum Gasteiger partial charge on any atom is -0.374 e. The zero-order valence-corrected chi connectivity index (χ0v) is 12.2. The van der Waals surface area contributed by atoms with Crippen LogP contribution < -0.4 is 10.2 Å². The van der Waals surface area contributed by atoms with Crippen molar-refractivity contribution in [3.8, 4) is 0 Å². The van der Waals surface area contributed by atoms with Crippen LogP contribution in [0.5, 0.6) is 0 Å². The standard InChI is InChI=1S/C16H20N4O/c1-3-8-20-14(15(17)18-16(20)21)12-6-7-13-11(10-12)5-4-9-19(13)2/h3,6-7,10,14H,1,4-5,8-9H2,2H3,(H2,17,18,21). The topological polar surface area (TPSA) is 59.4 Å². The van der Waals surface area contributed by atoms with Gasteiger partial charge in [0.15, 0.2) is 0 Å². The number of amides is 2. The van der Waals surface area contributed by atoms with Gasteiger partial charge in [0.2, 0.25) is 0 Å². The number of hydrogen-bond acceptors (Lipinski definition) is 3. The van der Waals surface area contributed by atoms with Crippen molar-refractivity contribution in [2.75, 3.05) is 25.0 Å². The zero-order chi connectivity index (χ0) is 15.0. The lowest BCUT2D eigenvalue weighted by Gasteiger charge is -2.29. The molecule has 1 saturated heterocycles. The molecule has 1 aromatic carbocycles. The number of anilines is 1. The second-order valence-electron chi connectivity index (χ2n) is 5.60. The van der Waals surface area contributed by atoms with E-state index in [4.69, 9.17) is 5.41 Å². The molecule has 2 amide bonds. The molecule has 1 fully saturated rings. The van der Waals surface area contributed by atoms with Crippen molar-refractivity contribution in [1.82, 2.24) is 10.2 Å². The van der Waals surface area contributed by atoms with Crippen LogP contribution in [0, 0.1) is 5.41 Å². The van der Waals surface area contributed by atoms with Crippen LogP contribution in [0.2, 0.25) is 0 Å².